The quantitative estimate of drug-likeness (QED) is 0.723. The van der Waals surface area contributed by atoms with Crippen molar-refractivity contribution < 1.29 is 0 Å². The summed E-state index contributed by atoms with van der Waals surface area (Å²) in [6, 6.07) is 14.8. The number of H-pyrrole nitrogens is 1. The molecule has 3 rings (SSSR count). The minimum atomic E-state index is 0.991. The zero-order chi connectivity index (χ0) is 11.5. The molecule has 2 aromatic heterocycles. The maximum absolute atomic E-state index is 4.46. The van der Waals surface area contributed by atoms with E-state index in [4.69, 9.17) is 0 Å². The lowest BCUT2D eigenvalue weighted by molar-refractivity contribution is 0.917. The van der Waals surface area contributed by atoms with Gasteiger partial charge in [-0.15, -0.1) is 0 Å². The second-order valence-electron chi connectivity index (χ2n) is 4.23. The van der Waals surface area contributed by atoms with Crippen molar-refractivity contribution in [2.24, 2.45) is 0 Å². The highest BCUT2D eigenvalue weighted by atomic mass is 14.7. The number of fused-ring (bicyclic) bond motifs is 1. The van der Waals surface area contributed by atoms with Crippen molar-refractivity contribution in [1.82, 2.24) is 9.97 Å². The Hall–Kier alpha value is -2.09. The molecule has 2 nitrogen and oxygen atoms in total. The number of benzene rings is 1. The number of nitrogens with one attached hydrogen (secondary N) is 1. The highest BCUT2D eigenvalue weighted by Crippen LogP contribution is 2.13. The molecule has 84 valence electrons. The SMILES string of the molecule is c1ccc(CCc2cc3cc[nH]c3cn2)cc1. The number of aryl methyl sites for hydroxylation is 2. The van der Waals surface area contributed by atoms with Crippen LogP contribution in [0.15, 0.2) is 54.9 Å². The molecule has 3 aromatic rings. The van der Waals surface area contributed by atoms with E-state index >= 15 is 0 Å². The molecule has 1 aromatic carbocycles. The van der Waals surface area contributed by atoms with Crippen LogP contribution in [-0.4, -0.2) is 9.97 Å². The van der Waals surface area contributed by atoms with Crippen LogP contribution in [0.5, 0.6) is 0 Å². The monoisotopic (exact) mass is 222 g/mol. The number of rotatable bonds is 3. The number of hydrogen-bond acceptors (Lipinski definition) is 1. The van der Waals surface area contributed by atoms with E-state index in [9.17, 15) is 0 Å². The Morgan fingerprint density at radius 3 is 2.76 bits per heavy atom. The standard InChI is InChI=1S/C15H14N2/c1-2-4-12(5-3-1)6-7-14-10-13-8-9-16-15(13)11-17-14/h1-5,8-11,16H,6-7H2. The zero-order valence-corrected chi connectivity index (χ0v) is 9.56. The highest BCUT2D eigenvalue weighted by molar-refractivity contribution is 5.78. The number of nitrogens with zero attached hydrogens (tertiary/aromatic N) is 1. The van der Waals surface area contributed by atoms with Gasteiger partial charge in [0, 0.05) is 17.3 Å². The Kier molecular flexibility index (Phi) is 2.62. The van der Waals surface area contributed by atoms with Gasteiger partial charge in [-0.1, -0.05) is 30.3 Å². The number of hydrogen-bond donors (Lipinski definition) is 1. The maximum atomic E-state index is 4.46. The van der Waals surface area contributed by atoms with Crippen LogP contribution in [-0.2, 0) is 12.8 Å². The minimum Gasteiger partial charge on any atom is -0.360 e. The zero-order valence-electron chi connectivity index (χ0n) is 9.56. The average Bonchev–Trinajstić information content (AvgIpc) is 2.85. The normalized spacial score (nSPS) is 10.8. The van der Waals surface area contributed by atoms with Crippen LogP contribution < -0.4 is 0 Å². The van der Waals surface area contributed by atoms with Gasteiger partial charge in [0.25, 0.3) is 0 Å². The van der Waals surface area contributed by atoms with Gasteiger partial charge in [0.1, 0.15) is 0 Å². The fourth-order valence-corrected chi connectivity index (χ4v) is 2.05. The van der Waals surface area contributed by atoms with Crippen molar-refractivity contribution in [1.29, 1.82) is 0 Å². The van der Waals surface area contributed by atoms with Crippen molar-refractivity contribution >= 4 is 10.9 Å². The van der Waals surface area contributed by atoms with Crippen molar-refractivity contribution in [3.8, 4) is 0 Å². The molecule has 2 heterocycles. The van der Waals surface area contributed by atoms with Gasteiger partial charge >= 0.3 is 0 Å². The number of pyridine rings is 1. The van der Waals surface area contributed by atoms with Crippen molar-refractivity contribution in [3.63, 3.8) is 0 Å². The van der Waals surface area contributed by atoms with Gasteiger partial charge in [-0.05, 0) is 30.5 Å². The molecule has 0 bridgehead atoms. The van der Waals surface area contributed by atoms with Crippen LogP contribution >= 0.6 is 0 Å². The van der Waals surface area contributed by atoms with E-state index in [0.29, 0.717) is 0 Å². The van der Waals surface area contributed by atoms with E-state index in [1.54, 1.807) is 0 Å². The minimum absolute atomic E-state index is 0.991. The van der Waals surface area contributed by atoms with Crippen LogP contribution in [0.3, 0.4) is 0 Å². The van der Waals surface area contributed by atoms with Crippen LogP contribution in [0.25, 0.3) is 10.9 Å². The average molecular weight is 222 g/mol. The molecule has 17 heavy (non-hydrogen) atoms. The molecular weight excluding hydrogens is 208 g/mol. The molecule has 1 N–H and O–H groups in total. The summed E-state index contributed by atoms with van der Waals surface area (Å²) in [5.74, 6) is 0. The first-order chi connectivity index (χ1) is 8.42. The van der Waals surface area contributed by atoms with Crippen LogP contribution in [0, 0.1) is 0 Å². The fourth-order valence-electron chi connectivity index (χ4n) is 2.05. The molecule has 0 spiro atoms. The predicted octanol–water partition coefficient (Wildman–Crippen LogP) is 3.35. The molecule has 0 unspecified atom stereocenters. The van der Waals surface area contributed by atoms with E-state index in [0.717, 1.165) is 24.1 Å². The van der Waals surface area contributed by atoms with Crippen molar-refractivity contribution in [3.05, 3.63) is 66.1 Å². The first-order valence-electron chi connectivity index (χ1n) is 5.88. The summed E-state index contributed by atoms with van der Waals surface area (Å²) in [4.78, 5) is 7.62. The summed E-state index contributed by atoms with van der Waals surface area (Å²) >= 11 is 0. The molecule has 0 atom stereocenters. The van der Waals surface area contributed by atoms with Crippen LogP contribution in [0.4, 0.5) is 0 Å². The Bertz CT molecular complexity index is 611. The summed E-state index contributed by atoms with van der Waals surface area (Å²) in [6.07, 6.45) is 5.90. The number of aromatic nitrogens is 2. The second-order valence-corrected chi connectivity index (χ2v) is 4.23. The lowest BCUT2D eigenvalue weighted by Gasteiger charge is -2.01. The van der Waals surface area contributed by atoms with Gasteiger partial charge in [0.2, 0.25) is 0 Å². The Balaban J connectivity index is 1.76. The summed E-state index contributed by atoms with van der Waals surface area (Å²) in [5.41, 5.74) is 3.62. The third kappa shape index (κ3) is 2.21. The van der Waals surface area contributed by atoms with E-state index in [1.165, 1.54) is 10.9 Å². The highest BCUT2D eigenvalue weighted by Gasteiger charge is 1.99. The summed E-state index contributed by atoms with van der Waals surface area (Å²) < 4.78 is 0. The fraction of sp³-hybridized carbons (Fsp3) is 0.133. The van der Waals surface area contributed by atoms with E-state index in [2.05, 4.69) is 46.4 Å². The predicted molar refractivity (Wildman–Crippen MR) is 69.9 cm³/mol. The Morgan fingerprint density at radius 1 is 1.00 bits per heavy atom. The van der Waals surface area contributed by atoms with Gasteiger partial charge in [-0.2, -0.15) is 0 Å². The molecule has 0 aliphatic carbocycles. The molecule has 0 aliphatic rings. The van der Waals surface area contributed by atoms with E-state index < -0.39 is 0 Å². The lowest BCUT2D eigenvalue weighted by Crippen LogP contribution is -1.93. The molecule has 2 heteroatoms. The number of aromatic amines is 1. The van der Waals surface area contributed by atoms with E-state index in [-0.39, 0.29) is 0 Å². The van der Waals surface area contributed by atoms with Gasteiger partial charge in [-0.25, -0.2) is 0 Å². The third-order valence-corrected chi connectivity index (χ3v) is 3.01. The smallest absolute Gasteiger partial charge is 0.0640 e. The van der Waals surface area contributed by atoms with Crippen LogP contribution in [0.1, 0.15) is 11.3 Å². The molecule has 0 radical (unpaired) electrons. The first-order valence-corrected chi connectivity index (χ1v) is 5.88. The molecule has 0 fully saturated rings. The molecule has 0 saturated heterocycles. The second kappa shape index (κ2) is 4.42. The Morgan fingerprint density at radius 2 is 1.88 bits per heavy atom. The van der Waals surface area contributed by atoms with Crippen molar-refractivity contribution in [2.45, 2.75) is 12.8 Å². The molecule has 0 saturated carbocycles. The van der Waals surface area contributed by atoms with Gasteiger partial charge in [0.15, 0.2) is 0 Å². The first kappa shape index (κ1) is 10.1. The third-order valence-electron chi connectivity index (χ3n) is 3.01. The van der Waals surface area contributed by atoms with E-state index in [1.807, 2.05) is 18.5 Å². The van der Waals surface area contributed by atoms with Gasteiger partial charge in [0.05, 0.1) is 11.7 Å². The van der Waals surface area contributed by atoms with Gasteiger partial charge < -0.3 is 4.98 Å². The largest absolute Gasteiger partial charge is 0.360 e. The topological polar surface area (TPSA) is 28.7 Å². The molecular formula is C15H14N2. The van der Waals surface area contributed by atoms with Gasteiger partial charge in [-0.3, -0.25) is 4.98 Å². The Labute approximate surface area is 100 Å². The molecule has 0 amide bonds. The summed E-state index contributed by atoms with van der Waals surface area (Å²) in [6.45, 7) is 0. The summed E-state index contributed by atoms with van der Waals surface area (Å²) in [7, 11) is 0. The van der Waals surface area contributed by atoms with Crippen LogP contribution in [0.2, 0.25) is 0 Å². The summed E-state index contributed by atoms with van der Waals surface area (Å²) in [5, 5.41) is 1.24. The maximum Gasteiger partial charge on any atom is 0.0640 e. The van der Waals surface area contributed by atoms with Crippen molar-refractivity contribution in [2.75, 3.05) is 0 Å². The molecule has 0 aliphatic heterocycles. The lowest BCUT2D eigenvalue weighted by atomic mass is 10.1.